The summed E-state index contributed by atoms with van der Waals surface area (Å²) in [5.41, 5.74) is -0.380. The van der Waals surface area contributed by atoms with Crippen LogP contribution in [0.5, 0.6) is 5.75 Å². The number of Topliss-reactive ketones (excluding diaryl/α,β-unsaturated/α-hetero) is 1. The van der Waals surface area contributed by atoms with Crippen molar-refractivity contribution in [3.05, 3.63) is 29.3 Å². The summed E-state index contributed by atoms with van der Waals surface area (Å²) in [6.45, 7) is 8.26. The maximum atomic E-state index is 10.9. The predicted octanol–water partition coefficient (Wildman–Crippen LogP) is 3.67. The number of rotatable bonds is 8. The Morgan fingerprint density at radius 1 is 1.00 bits per heavy atom. The molecule has 1 aromatic carbocycles. The Hall–Kier alpha value is -1.04. The van der Waals surface area contributed by atoms with Crippen LogP contribution in [0.1, 0.15) is 67.7 Å². The third-order valence-corrected chi connectivity index (χ3v) is 13.8. The fourth-order valence-corrected chi connectivity index (χ4v) is 10.6. The first-order valence-electron chi connectivity index (χ1n) is 8.26. The van der Waals surface area contributed by atoms with E-state index < -0.39 is 31.5 Å². The second kappa shape index (κ2) is 12.4. The van der Waals surface area contributed by atoms with Gasteiger partial charge in [0.15, 0.2) is 5.78 Å². The second-order valence-electron chi connectivity index (χ2n) is 5.55. The number of hydrogen-bond acceptors (Lipinski definition) is 4. The second-order valence-corrected chi connectivity index (χ2v) is 14.1. The normalized spacial score (nSPS) is 9.74. The summed E-state index contributed by atoms with van der Waals surface area (Å²) in [6, 6.07) is 3.91. The molecule has 0 saturated carbocycles. The van der Waals surface area contributed by atoms with Gasteiger partial charge in [0, 0.05) is 5.56 Å². The summed E-state index contributed by atoms with van der Waals surface area (Å²) in [4.78, 5) is 21.3. The number of carbonyl (C=O) groups is 2. The molecule has 0 aliphatic heterocycles. The number of aromatic hydroxyl groups is 1. The fraction of sp³-hybridized carbons (Fsp3) is 0.556. The van der Waals surface area contributed by atoms with Gasteiger partial charge in [-0.25, -0.2) is 0 Å². The van der Waals surface area contributed by atoms with Crippen molar-refractivity contribution >= 4 is 31.5 Å². The fourth-order valence-electron chi connectivity index (χ4n) is 2.43. The Bertz CT molecular complexity index is 453. The van der Waals surface area contributed by atoms with Crippen molar-refractivity contribution < 1.29 is 19.8 Å². The van der Waals surface area contributed by atoms with Crippen molar-refractivity contribution in [3.63, 3.8) is 0 Å². The molecule has 0 heterocycles. The SMILES string of the molecule is CC(=O)c1cccc(C(=O)[O-])c1O.CC[CH2][Sn+]([CH2]CC)[CH2]CC. The van der Waals surface area contributed by atoms with Crippen LogP contribution >= 0.6 is 0 Å². The van der Waals surface area contributed by atoms with Gasteiger partial charge in [-0.3, -0.25) is 4.79 Å². The summed E-state index contributed by atoms with van der Waals surface area (Å²) in [6.07, 6.45) is 4.36. The first-order valence-corrected chi connectivity index (χ1v) is 14.3. The average Bonchev–Trinajstić information content (AvgIpc) is 2.48. The maximum absolute atomic E-state index is 10.9. The molecular weight excluding hydrogens is 399 g/mol. The van der Waals surface area contributed by atoms with Crippen LogP contribution in [0.15, 0.2) is 18.2 Å². The molecule has 4 nitrogen and oxygen atoms in total. The number of carboxylic acids is 1. The van der Waals surface area contributed by atoms with Gasteiger partial charge in [0.1, 0.15) is 5.75 Å². The average molecular weight is 427 g/mol. The molecule has 1 aromatic rings. The molecule has 0 fully saturated rings. The van der Waals surface area contributed by atoms with E-state index in [1.165, 1.54) is 44.4 Å². The van der Waals surface area contributed by atoms with Crippen LogP contribution in [0.3, 0.4) is 0 Å². The molecule has 0 amide bonds. The van der Waals surface area contributed by atoms with E-state index in [9.17, 15) is 19.8 Å². The third kappa shape index (κ3) is 8.39. The van der Waals surface area contributed by atoms with Gasteiger partial charge < -0.3 is 15.0 Å². The minimum atomic E-state index is -1.50. The molecule has 0 atom stereocenters. The van der Waals surface area contributed by atoms with Gasteiger partial charge >= 0.3 is 73.1 Å². The molecule has 5 heteroatoms. The molecule has 0 aliphatic rings. The van der Waals surface area contributed by atoms with Crippen molar-refractivity contribution in [1.82, 2.24) is 0 Å². The first-order chi connectivity index (χ1) is 10.9. The van der Waals surface area contributed by atoms with Crippen LogP contribution in [-0.2, 0) is 0 Å². The molecular formula is C18H28O4Sn. The molecule has 0 aromatic heterocycles. The minimum absolute atomic E-state index is 0.0123. The van der Waals surface area contributed by atoms with Gasteiger partial charge in [-0.05, 0) is 19.1 Å². The molecule has 0 spiro atoms. The first kappa shape index (κ1) is 22.0. The van der Waals surface area contributed by atoms with Crippen molar-refractivity contribution in [2.45, 2.75) is 60.3 Å². The van der Waals surface area contributed by atoms with Crippen LogP contribution in [0, 0.1) is 0 Å². The van der Waals surface area contributed by atoms with E-state index in [1.807, 2.05) is 0 Å². The molecule has 1 rings (SSSR count). The van der Waals surface area contributed by atoms with E-state index in [1.54, 1.807) is 13.3 Å². The van der Waals surface area contributed by atoms with Gasteiger partial charge in [0.2, 0.25) is 0 Å². The van der Waals surface area contributed by atoms with Crippen molar-refractivity contribution in [3.8, 4) is 5.75 Å². The van der Waals surface area contributed by atoms with E-state index in [0.717, 1.165) is 0 Å². The Morgan fingerprint density at radius 2 is 1.43 bits per heavy atom. The zero-order chi connectivity index (χ0) is 17.8. The number of carboxylic acid groups (broad SMARTS) is 1. The quantitative estimate of drug-likeness (QED) is 0.508. The molecule has 0 aliphatic carbocycles. The van der Waals surface area contributed by atoms with Crippen molar-refractivity contribution in [1.29, 1.82) is 0 Å². The van der Waals surface area contributed by atoms with Crippen molar-refractivity contribution in [2.75, 3.05) is 0 Å². The van der Waals surface area contributed by atoms with E-state index in [-0.39, 0.29) is 16.9 Å². The molecule has 128 valence electrons. The number of phenols is 1. The summed E-state index contributed by atoms with van der Waals surface area (Å²) >= 11 is -0.759. The number of carbonyl (C=O) groups excluding carboxylic acids is 2. The van der Waals surface area contributed by atoms with Crippen molar-refractivity contribution in [2.24, 2.45) is 0 Å². The van der Waals surface area contributed by atoms with Crippen LogP contribution in [0.4, 0.5) is 0 Å². The summed E-state index contributed by atoms with van der Waals surface area (Å²) in [5.74, 6) is -2.42. The number of aromatic carboxylic acids is 1. The Morgan fingerprint density at radius 3 is 1.78 bits per heavy atom. The number of para-hydroxylation sites is 1. The van der Waals surface area contributed by atoms with Crippen LogP contribution in [0.2, 0.25) is 13.3 Å². The van der Waals surface area contributed by atoms with Gasteiger partial charge in [-0.2, -0.15) is 0 Å². The standard InChI is InChI=1S/C9H8O4.3C3H7.Sn/c1-5(10)6-3-2-4-7(8(6)11)9(12)13;3*1-3-2;/h2-4,11H,1H3,(H,12,13);3*1,3H2,2H3;/q;;;;+1/p-1. The Balaban J connectivity index is 0.000000438. The third-order valence-electron chi connectivity index (χ3n) is 3.45. The Kier molecular flexibility index (Phi) is 11.8. The Labute approximate surface area is 146 Å². The number of benzene rings is 1. The zero-order valence-electron chi connectivity index (χ0n) is 14.6. The van der Waals surface area contributed by atoms with E-state index in [4.69, 9.17) is 0 Å². The van der Waals surface area contributed by atoms with Gasteiger partial charge in [0.25, 0.3) is 0 Å². The molecule has 23 heavy (non-hydrogen) atoms. The molecule has 1 N–H and O–H groups in total. The number of hydrogen-bond donors (Lipinski definition) is 1. The topological polar surface area (TPSA) is 77.4 Å². The summed E-state index contributed by atoms with van der Waals surface area (Å²) < 4.78 is 4.93. The summed E-state index contributed by atoms with van der Waals surface area (Å²) in [7, 11) is 0. The van der Waals surface area contributed by atoms with E-state index >= 15 is 0 Å². The molecule has 0 saturated heterocycles. The predicted molar refractivity (Wildman–Crippen MR) is 93.5 cm³/mol. The van der Waals surface area contributed by atoms with Gasteiger partial charge in [0.05, 0.1) is 11.5 Å². The van der Waals surface area contributed by atoms with Gasteiger partial charge in [-0.1, -0.05) is 6.07 Å². The zero-order valence-corrected chi connectivity index (χ0v) is 17.5. The molecule has 0 radical (unpaired) electrons. The molecule has 0 bridgehead atoms. The molecule has 0 unspecified atom stereocenters. The van der Waals surface area contributed by atoms with Crippen LogP contribution in [0.25, 0.3) is 0 Å². The summed E-state index contributed by atoms with van der Waals surface area (Å²) in [5, 5.41) is 19.7. The van der Waals surface area contributed by atoms with E-state index in [2.05, 4.69) is 20.8 Å². The van der Waals surface area contributed by atoms with E-state index in [0.29, 0.717) is 0 Å². The van der Waals surface area contributed by atoms with Gasteiger partial charge in [-0.15, -0.1) is 0 Å². The number of ketones is 1. The van der Waals surface area contributed by atoms with Crippen LogP contribution < -0.4 is 5.11 Å². The monoisotopic (exact) mass is 428 g/mol. The van der Waals surface area contributed by atoms with Crippen LogP contribution in [-0.4, -0.2) is 36.6 Å².